The van der Waals surface area contributed by atoms with Crippen LogP contribution >= 0.6 is 0 Å². The second-order valence-electron chi connectivity index (χ2n) is 9.63. The molecule has 4 aromatic carbocycles. The van der Waals surface area contributed by atoms with Crippen molar-refractivity contribution in [3.63, 3.8) is 0 Å². The lowest BCUT2D eigenvalue weighted by atomic mass is 9.73. The number of hydrogen-bond acceptors (Lipinski definition) is 8. The van der Waals surface area contributed by atoms with Gasteiger partial charge in [0.1, 0.15) is 34.3 Å². The molecule has 5 rings (SSSR count). The molecule has 0 amide bonds. The van der Waals surface area contributed by atoms with Crippen molar-refractivity contribution in [1.29, 1.82) is 0 Å². The van der Waals surface area contributed by atoms with Crippen molar-refractivity contribution < 1.29 is 33.3 Å². The fourth-order valence-corrected chi connectivity index (χ4v) is 5.15. The molecule has 1 heterocycles. The molecule has 214 valence electrons. The molecule has 8 nitrogen and oxygen atoms in total. The number of hydrogen-bond donors (Lipinski definition) is 1. The highest BCUT2D eigenvalue weighted by Crippen LogP contribution is 2.42. The van der Waals surface area contributed by atoms with Crippen LogP contribution in [0.4, 0.5) is 0 Å². The number of fused-ring (bicyclic) bond motifs is 1. The van der Waals surface area contributed by atoms with Crippen LogP contribution in [0.15, 0.2) is 100 Å². The van der Waals surface area contributed by atoms with Crippen LogP contribution < -0.4 is 24.4 Å². The molecule has 0 radical (unpaired) electrons. The fourth-order valence-electron chi connectivity index (χ4n) is 5.15. The quantitative estimate of drug-likeness (QED) is 0.196. The Hall–Kier alpha value is -5.24. The van der Waals surface area contributed by atoms with Gasteiger partial charge in [-0.2, -0.15) is 0 Å². The predicted octanol–water partition coefficient (Wildman–Crippen LogP) is 6.33. The molecule has 1 N–H and O–H groups in total. The molecule has 0 aliphatic rings. The largest absolute Gasteiger partial charge is 0.507 e. The number of aromatic hydroxyl groups is 1. The summed E-state index contributed by atoms with van der Waals surface area (Å²) in [5.41, 5.74) is 1.65. The van der Waals surface area contributed by atoms with Crippen molar-refractivity contribution in [3.8, 4) is 28.7 Å². The zero-order chi connectivity index (χ0) is 29.8. The Balaban J connectivity index is 1.78. The van der Waals surface area contributed by atoms with Crippen molar-refractivity contribution in [3.05, 3.63) is 124 Å². The number of rotatable bonds is 10. The van der Waals surface area contributed by atoms with Gasteiger partial charge in [-0.25, -0.2) is 0 Å². The van der Waals surface area contributed by atoms with Crippen LogP contribution in [0.2, 0.25) is 0 Å². The van der Waals surface area contributed by atoms with Crippen LogP contribution in [0.1, 0.15) is 38.9 Å². The van der Waals surface area contributed by atoms with Crippen LogP contribution in [0, 0.1) is 0 Å². The molecule has 8 heteroatoms. The Morgan fingerprint density at radius 3 is 1.71 bits per heavy atom. The number of benzene rings is 4. The van der Waals surface area contributed by atoms with Gasteiger partial charge >= 0.3 is 0 Å². The molecule has 0 spiro atoms. The van der Waals surface area contributed by atoms with E-state index >= 15 is 0 Å². The SMILES string of the molecule is COc1ccc(C(c2ccc(OC)cc2)[C@@H](C(=O)c2ccc(OC)cc2O)c2coc3cc(OC)ccc3c2=O)cc1. The summed E-state index contributed by atoms with van der Waals surface area (Å²) in [6.45, 7) is 0. The maximum atomic E-state index is 14.5. The Labute approximate surface area is 242 Å². The highest BCUT2D eigenvalue weighted by atomic mass is 16.5. The van der Waals surface area contributed by atoms with Crippen LogP contribution in [-0.2, 0) is 0 Å². The lowest BCUT2D eigenvalue weighted by molar-refractivity contribution is 0.0947. The maximum absolute atomic E-state index is 14.5. The number of ether oxygens (including phenoxy) is 4. The molecule has 0 aliphatic carbocycles. The summed E-state index contributed by atoms with van der Waals surface area (Å²) in [5, 5.41) is 11.2. The van der Waals surface area contributed by atoms with Gasteiger partial charge in [-0.3, -0.25) is 9.59 Å². The summed E-state index contributed by atoms with van der Waals surface area (Å²) in [7, 11) is 6.14. The first-order valence-electron chi connectivity index (χ1n) is 13.2. The van der Waals surface area contributed by atoms with Crippen LogP contribution in [0.5, 0.6) is 28.7 Å². The molecule has 0 unspecified atom stereocenters. The molecular formula is C34H30O8. The van der Waals surface area contributed by atoms with Crippen molar-refractivity contribution in [2.75, 3.05) is 28.4 Å². The zero-order valence-electron chi connectivity index (χ0n) is 23.6. The Kier molecular flexibility index (Phi) is 8.15. The summed E-state index contributed by atoms with van der Waals surface area (Å²) >= 11 is 0. The average molecular weight is 567 g/mol. The standard InChI is InChI=1S/C34H30O8/c1-38-22-9-5-20(6-10-22)31(21-7-11-23(39-2)12-8-21)32(34(37)26-15-13-24(40-3)17-29(26)35)28-19-42-30-18-25(41-4)14-16-27(30)33(28)36/h5-19,31-32,35H,1-4H3/t32-/m0/s1. The van der Waals surface area contributed by atoms with Crippen molar-refractivity contribution in [2.24, 2.45) is 0 Å². The molecule has 0 bridgehead atoms. The number of Topliss-reactive ketones (excluding diaryl/α,β-unsaturated/α-hetero) is 1. The second kappa shape index (κ2) is 12.1. The number of phenols is 1. The van der Waals surface area contributed by atoms with E-state index in [4.69, 9.17) is 23.4 Å². The number of phenolic OH excluding ortho intramolecular Hbond substituents is 1. The molecule has 42 heavy (non-hydrogen) atoms. The number of methoxy groups -OCH3 is 4. The van der Waals surface area contributed by atoms with Crippen LogP contribution in [-0.4, -0.2) is 39.3 Å². The smallest absolute Gasteiger partial charge is 0.196 e. The average Bonchev–Trinajstić information content (AvgIpc) is 3.03. The maximum Gasteiger partial charge on any atom is 0.196 e. The van der Waals surface area contributed by atoms with Crippen molar-refractivity contribution in [1.82, 2.24) is 0 Å². The normalized spacial score (nSPS) is 11.7. The number of carbonyl (C=O) groups is 1. The first-order valence-corrected chi connectivity index (χ1v) is 13.2. The molecule has 0 fully saturated rings. The Morgan fingerprint density at radius 1 is 0.690 bits per heavy atom. The first-order chi connectivity index (χ1) is 20.4. The fraction of sp³-hybridized carbons (Fsp3) is 0.176. The van der Waals surface area contributed by atoms with E-state index in [1.165, 1.54) is 32.6 Å². The number of carbonyl (C=O) groups excluding carboxylic acids is 1. The summed E-state index contributed by atoms with van der Waals surface area (Å²) in [5.74, 6) is -0.271. The van der Waals surface area contributed by atoms with Gasteiger partial charge in [-0.05, 0) is 59.7 Å². The van der Waals surface area contributed by atoms with E-state index in [0.29, 0.717) is 34.0 Å². The van der Waals surface area contributed by atoms with E-state index < -0.39 is 17.6 Å². The highest BCUT2D eigenvalue weighted by Gasteiger charge is 2.37. The summed E-state index contributed by atoms with van der Waals surface area (Å²) in [4.78, 5) is 28.6. The Morgan fingerprint density at radius 2 is 1.19 bits per heavy atom. The third-order valence-electron chi connectivity index (χ3n) is 7.38. The van der Waals surface area contributed by atoms with E-state index in [1.807, 2.05) is 24.3 Å². The summed E-state index contributed by atoms with van der Waals surface area (Å²) in [6.07, 6.45) is 1.33. The van der Waals surface area contributed by atoms with Gasteiger partial charge in [-0.15, -0.1) is 0 Å². The summed E-state index contributed by atoms with van der Waals surface area (Å²) in [6, 6.07) is 24.0. The van der Waals surface area contributed by atoms with Crippen molar-refractivity contribution >= 4 is 16.8 Å². The van der Waals surface area contributed by atoms with E-state index in [2.05, 4.69) is 0 Å². The lowest BCUT2D eigenvalue weighted by Crippen LogP contribution is -2.27. The minimum absolute atomic E-state index is 0.0436. The van der Waals surface area contributed by atoms with Gasteiger partial charge in [0.15, 0.2) is 11.2 Å². The minimum Gasteiger partial charge on any atom is -0.507 e. The zero-order valence-corrected chi connectivity index (χ0v) is 23.6. The molecule has 0 saturated heterocycles. The van der Waals surface area contributed by atoms with E-state index in [-0.39, 0.29) is 22.3 Å². The lowest BCUT2D eigenvalue weighted by Gasteiger charge is -2.28. The van der Waals surface area contributed by atoms with Crippen molar-refractivity contribution in [2.45, 2.75) is 11.8 Å². The molecule has 0 aliphatic heterocycles. The van der Waals surface area contributed by atoms with Crippen LogP contribution in [0.3, 0.4) is 0 Å². The minimum atomic E-state index is -1.09. The topological polar surface area (TPSA) is 104 Å². The molecule has 0 saturated carbocycles. The number of ketones is 1. The van der Waals surface area contributed by atoms with E-state index in [1.54, 1.807) is 62.8 Å². The third-order valence-corrected chi connectivity index (χ3v) is 7.38. The van der Waals surface area contributed by atoms with Gasteiger partial charge in [-0.1, -0.05) is 24.3 Å². The molecular weight excluding hydrogens is 536 g/mol. The second-order valence-corrected chi connectivity index (χ2v) is 9.63. The van der Waals surface area contributed by atoms with Gasteiger partial charge in [0.05, 0.1) is 51.6 Å². The van der Waals surface area contributed by atoms with Crippen LogP contribution in [0.25, 0.3) is 11.0 Å². The van der Waals surface area contributed by atoms with Gasteiger partial charge in [0.25, 0.3) is 0 Å². The van der Waals surface area contributed by atoms with Gasteiger partial charge in [0, 0.05) is 23.6 Å². The molecule has 1 atom stereocenters. The highest BCUT2D eigenvalue weighted by molar-refractivity contribution is 6.04. The third kappa shape index (κ3) is 5.39. The van der Waals surface area contributed by atoms with Gasteiger partial charge < -0.3 is 28.5 Å². The Bertz CT molecular complexity index is 1720. The van der Waals surface area contributed by atoms with Gasteiger partial charge in [0.2, 0.25) is 0 Å². The van der Waals surface area contributed by atoms with E-state index in [9.17, 15) is 14.7 Å². The summed E-state index contributed by atoms with van der Waals surface area (Å²) < 4.78 is 27.2. The van der Waals surface area contributed by atoms with E-state index in [0.717, 1.165) is 11.1 Å². The first kappa shape index (κ1) is 28.3. The molecule has 5 aromatic rings. The monoisotopic (exact) mass is 566 g/mol. The molecule has 1 aromatic heterocycles. The predicted molar refractivity (Wildman–Crippen MR) is 159 cm³/mol.